The van der Waals surface area contributed by atoms with Crippen LogP contribution in [0.3, 0.4) is 0 Å². The monoisotopic (exact) mass is 292 g/mol. The second kappa shape index (κ2) is 5.85. The molecule has 0 saturated heterocycles. The smallest absolute Gasteiger partial charge is 0.261 e. The van der Waals surface area contributed by atoms with E-state index in [0.717, 1.165) is 22.0 Å². The molecule has 0 bridgehead atoms. The molecule has 22 heavy (non-hydrogen) atoms. The summed E-state index contributed by atoms with van der Waals surface area (Å²) in [5.74, 6) is -0.366. The van der Waals surface area contributed by atoms with Gasteiger partial charge in [-0.15, -0.1) is 0 Å². The molecule has 3 rings (SSSR count). The number of carbonyl (C=O) groups is 1. The Labute approximate surface area is 127 Å². The standard InChI is InChI=1S/C18H16N2O2/c1-12-6-2-3-8-14(12)11-19-17(21)15-10-13-7-4-5-9-16(13)20-18(15)22/h2-10H,11H2,1H3,(H,19,21)(H,20,22). The molecule has 1 heterocycles. The van der Waals surface area contributed by atoms with E-state index in [1.807, 2.05) is 55.5 Å². The number of aromatic amines is 1. The van der Waals surface area contributed by atoms with Crippen LogP contribution in [-0.2, 0) is 6.54 Å². The molecule has 1 aromatic heterocycles. The van der Waals surface area contributed by atoms with Crippen LogP contribution < -0.4 is 10.9 Å². The average molecular weight is 292 g/mol. The zero-order valence-corrected chi connectivity index (χ0v) is 12.2. The van der Waals surface area contributed by atoms with Gasteiger partial charge < -0.3 is 10.3 Å². The third-order valence-corrected chi connectivity index (χ3v) is 3.70. The van der Waals surface area contributed by atoms with Gasteiger partial charge in [-0.05, 0) is 35.6 Å². The molecular formula is C18H16N2O2. The van der Waals surface area contributed by atoms with Crippen LogP contribution in [-0.4, -0.2) is 10.9 Å². The minimum atomic E-state index is -0.374. The van der Waals surface area contributed by atoms with E-state index in [1.165, 1.54) is 0 Å². The lowest BCUT2D eigenvalue weighted by Crippen LogP contribution is -2.29. The van der Waals surface area contributed by atoms with Gasteiger partial charge in [0.25, 0.3) is 11.5 Å². The van der Waals surface area contributed by atoms with Crippen LogP contribution in [0.15, 0.2) is 59.4 Å². The van der Waals surface area contributed by atoms with Gasteiger partial charge in [-0.3, -0.25) is 9.59 Å². The van der Waals surface area contributed by atoms with E-state index >= 15 is 0 Å². The minimum absolute atomic E-state index is 0.132. The number of fused-ring (bicyclic) bond motifs is 1. The molecule has 1 amide bonds. The highest BCUT2D eigenvalue weighted by molar-refractivity contribution is 5.97. The van der Waals surface area contributed by atoms with E-state index in [2.05, 4.69) is 10.3 Å². The predicted molar refractivity (Wildman–Crippen MR) is 86.9 cm³/mol. The predicted octanol–water partition coefficient (Wildman–Crippen LogP) is 2.77. The number of hydrogen-bond donors (Lipinski definition) is 2. The van der Waals surface area contributed by atoms with E-state index in [9.17, 15) is 9.59 Å². The number of nitrogens with one attached hydrogen (secondary N) is 2. The van der Waals surface area contributed by atoms with Gasteiger partial charge in [0.15, 0.2) is 0 Å². The third-order valence-electron chi connectivity index (χ3n) is 3.70. The normalized spacial score (nSPS) is 10.6. The fourth-order valence-corrected chi connectivity index (χ4v) is 2.40. The maximum atomic E-state index is 12.3. The van der Waals surface area contributed by atoms with E-state index in [1.54, 1.807) is 6.07 Å². The molecular weight excluding hydrogens is 276 g/mol. The van der Waals surface area contributed by atoms with Crippen LogP contribution in [0.4, 0.5) is 0 Å². The Balaban J connectivity index is 1.85. The average Bonchev–Trinajstić information content (AvgIpc) is 2.53. The SMILES string of the molecule is Cc1ccccc1CNC(=O)c1cc2ccccc2[nH]c1=O. The zero-order chi connectivity index (χ0) is 15.5. The van der Waals surface area contributed by atoms with E-state index in [0.29, 0.717) is 6.54 Å². The van der Waals surface area contributed by atoms with Gasteiger partial charge in [0.1, 0.15) is 5.56 Å². The summed E-state index contributed by atoms with van der Waals surface area (Å²) in [7, 11) is 0. The Morgan fingerprint density at radius 3 is 2.64 bits per heavy atom. The fraction of sp³-hybridized carbons (Fsp3) is 0.111. The van der Waals surface area contributed by atoms with Gasteiger partial charge in [0, 0.05) is 12.1 Å². The van der Waals surface area contributed by atoms with Crippen LogP contribution in [0.25, 0.3) is 10.9 Å². The highest BCUT2D eigenvalue weighted by Gasteiger charge is 2.11. The lowest BCUT2D eigenvalue weighted by atomic mass is 10.1. The van der Waals surface area contributed by atoms with Gasteiger partial charge in [0.05, 0.1) is 0 Å². The van der Waals surface area contributed by atoms with Crippen molar-refractivity contribution in [1.29, 1.82) is 0 Å². The maximum absolute atomic E-state index is 12.3. The number of amides is 1. The molecule has 4 nitrogen and oxygen atoms in total. The second-order valence-corrected chi connectivity index (χ2v) is 5.21. The number of para-hydroxylation sites is 1. The number of aryl methyl sites for hydroxylation is 1. The number of H-pyrrole nitrogens is 1. The summed E-state index contributed by atoms with van der Waals surface area (Å²) in [6, 6.07) is 16.8. The van der Waals surface area contributed by atoms with E-state index < -0.39 is 0 Å². The third kappa shape index (κ3) is 2.76. The van der Waals surface area contributed by atoms with Crippen molar-refractivity contribution in [1.82, 2.24) is 10.3 Å². The van der Waals surface area contributed by atoms with Crippen LogP contribution in [0.5, 0.6) is 0 Å². The van der Waals surface area contributed by atoms with Gasteiger partial charge >= 0.3 is 0 Å². The second-order valence-electron chi connectivity index (χ2n) is 5.21. The van der Waals surface area contributed by atoms with Gasteiger partial charge in [-0.1, -0.05) is 42.5 Å². The first-order valence-corrected chi connectivity index (χ1v) is 7.10. The molecule has 0 unspecified atom stereocenters. The molecule has 0 saturated carbocycles. The summed E-state index contributed by atoms with van der Waals surface area (Å²) in [6.45, 7) is 2.39. The van der Waals surface area contributed by atoms with Crippen LogP contribution in [0.1, 0.15) is 21.5 Å². The number of rotatable bonds is 3. The Morgan fingerprint density at radius 1 is 1.09 bits per heavy atom. The molecule has 0 aliphatic rings. The Kier molecular flexibility index (Phi) is 3.74. The van der Waals surface area contributed by atoms with Gasteiger partial charge in [-0.2, -0.15) is 0 Å². The fourth-order valence-electron chi connectivity index (χ4n) is 2.40. The molecule has 0 atom stereocenters. The van der Waals surface area contributed by atoms with Crippen molar-refractivity contribution >= 4 is 16.8 Å². The van der Waals surface area contributed by atoms with Gasteiger partial charge in [0.2, 0.25) is 0 Å². The topological polar surface area (TPSA) is 62.0 Å². The molecule has 0 aliphatic carbocycles. The molecule has 2 N–H and O–H groups in total. The molecule has 3 aromatic rings. The molecule has 0 fully saturated rings. The van der Waals surface area contributed by atoms with Crippen molar-refractivity contribution in [3.63, 3.8) is 0 Å². The molecule has 2 aromatic carbocycles. The van der Waals surface area contributed by atoms with Crippen molar-refractivity contribution in [2.45, 2.75) is 13.5 Å². The minimum Gasteiger partial charge on any atom is -0.348 e. The van der Waals surface area contributed by atoms with E-state index in [4.69, 9.17) is 0 Å². The Morgan fingerprint density at radius 2 is 1.82 bits per heavy atom. The largest absolute Gasteiger partial charge is 0.348 e. The summed E-state index contributed by atoms with van der Waals surface area (Å²) < 4.78 is 0. The van der Waals surface area contributed by atoms with Crippen LogP contribution >= 0.6 is 0 Å². The zero-order valence-electron chi connectivity index (χ0n) is 12.2. The highest BCUT2D eigenvalue weighted by Crippen LogP contribution is 2.10. The summed E-state index contributed by atoms with van der Waals surface area (Å²) in [5.41, 5.74) is 2.62. The number of hydrogen-bond acceptors (Lipinski definition) is 2. The maximum Gasteiger partial charge on any atom is 0.261 e. The lowest BCUT2D eigenvalue weighted by Gasteiger charge is -2.08. The highest BCUT2D eigenvalue weighted by atomic mass is 16.2. The van der Waals surface area contributed by atoms with Crippen LogP contribution in [0.2, 0.25) is 0 Å². The number of carbonyl (C=O) groups excluding carboxylic acids is 1. The molecule has 0 spiro atoms. The van der Waals surface area contributed by atoms with Gasteiger partial charge in [-0.25, -0.2) is 0 Å². The summed E-state index contributed by atoms with van der Waals surface area (Å²) in [4.78, 5) is 27.0. The number of aromatic nitrogens is 1. The molecule has 0 aliphatic heterocycles. The van der Waals surface area contributed by atoms with Crippen molar-refractivity contribution in [3.05, 3.63) is 81.6 Å². The molecule has 0 radical (unpaired) electrons. The van der Waals surface area contributed by atoms with E-state index in [-0.39, 0.29) is 17.0 Å². The first-order valence-electron chi connectivity index (χ1n) is 7.10. The summed E-state index contributed by atoms with van der Waals surface area (Å²) in [6.07, 6.45) is 0. The molecule has 110 valence electrons. The van der Waals surface area contributed by atoms with Crippen molar-refractivity contribution in [3.8, 4) is 0 Å². The summed E-state index contributed by atoms with van der Waals surface area (Å²) in [5, 5.41) is 3.64. The van der Waals surface area contributed by atoms with Crippen molar-refractivity contribution < 1.29 is 4.79 Å². The number of pyridine rings is 1. The first-order chi connectivity index (χ1) is 10.6. The Hall–Kier alpha value is -2.88. The molecule has 4 heteroatoms. The van der Waals surface area contributed by atoms with Crippen molar-refractivity contribution in [2.24, 2.45) is 0 Å². The Bertz CT molecular complexity index is 897. The first kappa shape index (κ1) is 14.1. The van der Waals surface area contributed by atoms with Crippen molar-refractivity contribution in [2.75, 3.05) is 0 Å². The van der Waals surface area contributed by atoms with Crippen LogP contribution in [0, 0.1) is 6.92 Å². The quantitative estimate of drug-likeness (QED) is 0.779. The summed E-state index contributed by atoms with van der Waals surface area (Å²) >= 11 is 0. The number of benzene rings is 2. The lowest BCUT2D eigenvalue weighted by molar-refractivity contribution is 0.0949.